The smallest absolute Gasteiger partial charge is 0.164 e. The van der Waals surface area contributed by atoms with Crippen LogP contribution in [0.3, 0.4) is 0 Å². The first-order valence-corrected chi connectivity index (χ1v) is 18.8. The van der Waals surface area contributed by atoms with E-state index in [1.54, 1.807) is 11.3 Å². The molecule has 252 valence electrons. The van der Waals surface area contributed by atoms with Gasteiger partial charge < -0.3 is 4.42 Å². The summed E-state index contributed by atoms with van der Waals surface area (Å²) in [6.07, 6.45) is 0. The van der Waals surface area contributed by atoms with Crippen LogP contribution in [0.2, 0.25) is 0 Å². The van der Waals surface area contributed by atoms with Crippen LogP contribution >= 0.6 is 11.3 Å². The van der Waals surface area contributed by atoms with Gasteiger partial charge in [-0.25, -0.2) is 15.0 Å². The lowest BCUT2D eigenvalue weighted by Gasteiger charge is -2.11. The number of nitrogens with zero attached hydrogens (tertiary/aromatic N) is 3. The number of furan rings is 1. The van der Waals surface area contributed by atoms with Crippen molar-refractivity contribution < 1.29 is 4.42 Å². The van der Waals surface area contributed by atoms with Crippen molar-refractivity contribution in [1.82, 2.24) is 15.0 Å². The minimum absolute atomic E-state index is 0.636. The van der Waals surface area contributed by atoms with Crippen LogP contribution in [0.15, 0.2) is 180 Å². The van der Waals surface area contributed by atoms with Gasteiger partial charge in [-0.3, -0.25) is 0 Å². The molecular formula is C49H29N3OS. The monoisotopic (exact) mass is 707 g/mol. The van der Waals surface area contributed by atoms with Crippen molar-refractivity contribution >= 4 is 64.2 Å². The van der Waals surface area contributed by atoms with Gasteiger partial charge in [0.1, 0.15) is 11.2 Å². The van der Waals surface area contributed by atoms with Crippen LogP contribution in [0.1, 0.15) is 0 Å². The highest BCUT2D eigenvalue weighted by Gasteiger charge is 2.16. The lowest BCUT2D eigenvalue weighted by Crippen LogP contribution is -2.00. The van der Waals surface area contributed by atoms with Gasteiger partial charge in [-0.15, -0.1) is 11.3 Å². The summed E-state index contributed by atoms with van der Waals surface area (Å²) in [6, 6.07) is 61.6. The van der Waals surface area contributed by atoms with Crippen LogP contribution in [0.4, 0.5) is 0 Å². The number of aromatic nitrogens is 3. The molecule has 11 aromatic rings. The van der Waals surface area contributed by atoms with Crippen molar-refractivity contribution in [3.63, 3.8) is 0 Å². The van der Waals surface area contributed by atoms with Crippen LogP contribution < -0.4 is 0 Å². The van der Waals surface area contributed by atoms with Gasteiger partial charge in [-0.1, -0.05) is 133 Å². The van der Waals surface area contributed by atoms with E-state index in [1.165, 1.54) is 20.2 Å². The molecule has 3 aromatic heterocycles. The Morgan fingerprint density at radius 3 is 1.76 bits per heavy atom. The minimum atomic E-state index is 0.636. The molecule has 0 saturated heterocycles. The SMILES string of the molecule is c1ccc(-c2cccc(-c3nc(-c4ccc5cc(-c6cccc7oc8ccccc8c67)ccc5c4)nc(-c4ccc5c(c4)sc4ccccc45)n3)c2)cc1. The Kier molecular flexibility index (Phi) is 7.00. The molecule has 3 heterocycles. The highest BCUT2D eigenvalue weighted by atomic mass is 32.1. The molecule has 0 bridgehead atoms. The third kappa shape index (κ3) is 5.17. The fraction of sp³-hybridized carbons (Fsp3) is 0. The number of benzene rings is 8. The highest BCUT2D eigenvalue weighted by molar-refractivity contribution is 7.25. The van der Waals surface area contributed by atoms with Gasteiger partial charge in [0, 0.05) is 47.6 Å². The van der Waals surface area contributed by atoms with E-state index in [0.29, 0.717) is 17.5 Å². The summed E-state index contributed by atoms with van der Waals surface area (Å²) < 4.78 is 8.68. The molecule has 11 rings (SSSR count). The molecule has 0 radical (unpaired) electrons. The third-order valence-electron chi connectivity index (χ3n) is 10.3. The molecular weight excluding hydrogens is 679 g/mol. The normalized spacial score (nSPS) is 11.7. The molecule has 54 heavy (non-hydrogen) atoms. The van der Waals surface area contributed by atoms with Crippen LogP contribution in [-0.2, 0) is 0 Å². The highest BCUT2D eigenvalue weighted by Crippen LogP contribution is 2.39. The molecule has 0 fully saturated rings. The maximum Gasteiger partial charge on any atom is 0.164 e. The number of fused-ring (bicyclic) bond motifs is 7. The van der Waals surface area contributed by atoms with Crippen molar-refractivity contribution in [3.05, 3.63) is 176 Å². The molecule has 0 aliphatic rings. The van der Waals surface area contributed by atoms with Crippen molar-refractivity contribution in [2.24, 2.45) is 0 Å². The largest absolute Gasteiger partial charge is 0.456 e. The van der Waals surface area contributed by atoms with Gasteiger partial charge in [0.15, 0.2) is 17.5 Å². The molecule has 0 aliphatic carbocycles. The van der Waals surface area contributed by atoms with Gasteiger partial charge in [-0.2, -0.15) is 0 Å². The second kappa shape index (κ2) is 12.3. The van der Waals surface area contributed by atoms with E-state index in [0.717, 1.165) is 71.7 Å². The van der Waals surface area contributed by atoms with Gasteiger partial charge in [0.25, 0.3) is 0 Å². The maximum atomic E-state index is 6.20. The number of para-hydroxylation sites is 1. The Morgan fingerprint density at radius 2 is 0.926 bits per heavy atom. The molecule has 0 saturated carbocycles. The quantitative estimate of drug-likeness (QED) is 0.179. The van der Waals surface area contributed by atoms with Gasteiger partial charge in [0.05, 0.1) is 0 Å². The van der Waals surface area contributed by atoms with E-state index in [-0.39, 0.29) is 0 Å². The second-order valence-electron chi connectivity index (χ2n) is 13.6. The van der Waals surface area contributed by atoms with E-state index in [1.807, 2.05) is 24.3 Å². The molecule has 5 heteroatoms. The van der Waals surface area contributed by atoms with Crippen molar-refractivity contribution in [3.8, 4) is 56.4 Å². The lowest BCUT2D eigenvalue weighted by molar-refractivity contribution is 0.669. The number of rotatable bonds is 5. The van der Waals surface area contributed by atoms with Crippen LogP contribution in [0.25, 0.3) is 109 Å². The van der Waals surface area contributed by atoms with Gasteiger partial charge in [-0.05, 0) is 75.5 Å². The Balaban J connectivity index is 1.04. The first-order valence-electron chi connectivity index (χ1n) is 18.0. The van der Waals surface area contributed by atoms with Crippen LogP contribution in [-0.4, -0.2) is 15.0 Å². The zero-order valence-electron chi connectivity index (χ0n) is 28.9. The summed E-state index contributed by atoms with van der Waals surface area (Å²) in [4.78, 5) is 15.4. The van der Waals surface area contributed by atoms with Gasteiger partial charge >= 0.3 is 0 Å². The Bertz CT molecular complexity index is 3230. The third-order valence-corrected chi connectivity index (χ3v) is 11.4. The topological polar surface area (TPSA) is 51.8 Å². The zero-order chi connectivity index (χ0) is 35.6. The molecule has 0 aliphatic heterocycles. The molecule has 8 aromatic carbocycles. The van der Waals surface area contributed by atoms with E-state index in [4.69, 9.17) is 19.4 Å². The molecule has 4 nitrogen and oxygen atoms in total. The predicted molar refractivity (Wildman–Crippen MR) is 225 cm³/mol. The molecule has 0 unspecified atom stereocenters. The van der Waals surface area contributed by atoms with Crippen LogP contribution in [0.5, 0.6) is 0 Å². The minimum Gasteiger partial charge on any atom is -0.456 e. The first-order chi connectivity index (χ1) is 26.7. The summed E-state index contributed by atoms with van der Waals surface area (Å²) in [5.41, 5.74) is 9.20. The molecule has 0 N–H and O–H groups in total. The zero-order valence-corrected chi connectivity index (χ0v) is 29.7. The number of hydrogen-bond acceptors (Lipinski definition) is 5. The summed E-state index contributed by atoms with van der Waals surface area (Å²) in [7, 11) is 0. The number of hydrogen-bond donors (Lipinski definition) is 0. The van der Waals surface area contributed by atoms with E-state index in [2.05, 4.69) is 152 Å². The summed E-state index contributed by atoms with van der Waals surface area (Å²) in [5.74, 6) is 1.92. The second-order valence-corrected chi connectivity index (χ2v) is 14.7. The Labute approximate surface area is 314 Å². The standard InChI is InChI=1S/C49H29N3OS/c1-2-10-30(11-3-1)31-12-8-13-35(27-31)47-50-48(52-49(51-47)37-24-25-40-39-14-5-7-19-44(39)54-45(40)29-37)36-23-21-32-26-34(22-20-33(32)28-36)38-16-9-18-43-46(38)41-15-4-6-17-42(41)53-43/h1-29H. The van der Waals surface area contributed by atoms with Crippen molar-refractivity contribution in [1.29, 1.82) is 0 Å². The first kappa shape index (κ1) is 30.7. The average Bonchev–Trinajstić information content (AvgIpc) is 3.82. The predicted octanol–water partition coefficient (Wildman–Crippen LogP) is 13.6. The average molecular weight is 708 g/mol. The van der Waals surface area contributed by atoms with Crippen molar-refractivity contribution in [2.75, 3.05) is 0 Å². The lowest BCUT2D eigenvalue weighted by atomic mass is 9.96. The fourth-order valence-corrected chi connectivity index (χ4v) is 8.81. The fourth-order valence-electron chi connectivity index (χ4n) is 7.66. The maximum absolute atomic E-state index is 6.20. The van der Waals surface area contributed by atoms with Crippen LogP contribution in [0, 0.1) is 0 Å². The van der Waals surface area contributed by atoms with E-state index in [9.17, 15) is 0 Å². The molecule has 0 atom stereocenters. The van der Waals surface area contributed by atoms with Crippen molar-refractivity contribution in [2.45, 2.75) is 0 Å². The molecule has 0 spiro atoms. The summed E-state index contributed by atoms with van der Waals surface area (Å²) in [5, 5.41) is 7.03. The summed E-state index contributed by atoms with van der Waals surface area (Å²) in [6.45, 7) is 0. The van der Waals surface area contributed by atoms with Gasteiger partial charge in [0.2, 0.25) is 0 Å². The van der Waals surface area contributed by atoms with E-state index >= 15 is 0 Å². The summed E-state index contributed by atoms with van der Waals surface area (Å²) >= 11 is 1.80. The Hall–Kier alpha value is -6.95. The number of thiophene rings is 1. The molecule has 0 amide bonds. The van der Waals surface area contributed by atoms with E-state index < -0.39 is 0 Å². The Morgan fingerprint density at radius 1 is 0.352 bits per heavy atom.